The van der Waals surface area contributed by atoms with Crippen LogP contribution in [-0.2, 0) is 0 Å². The zero-order chi connectivity index (χ0) is 16.9. The van der Waals surface area contributed by atoms with Crippen LogP contribution in [0.1, 0.15) is 10.4 Å². The van der Waals surface area contributed by atoms with Crippen LogP contribution in [0.25, 0.3) is 5.69 Å². The van der Waals surface area contributed by atoms with Crippen LogP contribution < -0.4 is 0 Å². The molecule has 0 spiro atoms. The van der Waals surface area contributed by atoms with E-state index in [1.54, 1.807) is 4.68 Å². The monoisotopic (exact) mass is 341 g/mol. The van der Waals surface area contributed by atoms with Gasteiger partial charge in [-0.15, -0.1) is 5.10 Å². The Kier molecular flexibility index (Phi) is 4.62. The van der Waals surface area contributed by atoms with E-state index in [1.165, 1.54) is 36.0 Å². The maximum Gasteiger partial charge on any atom is 0.269 e. The molecule has 8 nitrogen and oxygen atoms in total. The largest absolute Gasteiger partial charge is 0.293 e. The highest BCUT2D eigenvalue weighted by molar-refractivity contribution is 7.99. The van der Waals surface area contributed by atoms with Gasteiger partial charge in [-0.25, -0.2) is 0 Å². The summed E-state index contributed by atoms with van der Waals surface area (Å²) in [6.07, 6.45) is 0. The van der Waals surface area contributed by atoms with Crippen molar-refractivity contribution in [3.05, 3.63) is 70.3 Å². The third kappa shape index (κ3) is 3.46. The molecule has 0 saturated carbocycles. The Balaban J connectivity index is 1.69. The number of hydrogen-bond acceptors (Lipinski definition) is 7. The zero-order valence-electron chi connectivity index (χ0n) is 12.3. The Labute approximate surface area is 140 Å². The number of ketones is 1. The Hall–Kier alpha value is -3.07. The molecular weight excluding hydrogens is 330 g/mol. The van der Waals surface area contributed by atoms with Crippen molar-refractivity contribution in [2.45, 2.75) is 5.16 Å². The van der Waals surface area contributed by atoms with Gasteiger partial charge in [0, 0.05) is 17.7 Å². The molecule has 0 atom stereocenters. The van der Waals surface area contributed by atoms with Crippen LogP contribution in [0.2, 0.25) is 0 Å². The number of carbonyl (C=O) groups excluding carboxylic acids is 1. The lowest BCUT2D eigenvalue weighted by molar-refractivity contribution is -0.384. The molecule has 3 aromatic rings. The first-order valence-corrected chi connectivity index (χ1v) is 7.88. The number of non-ortho nitro benzene ring substituents is 1. The number of Topliss-reactive ketones (excluding diaryl/α,β-unsaturated/α-hetero) is 1. The first-order valence-electron chi connectivity index (χ1n) is 6.89. The molecule has 0 unspecified atom stereocenters. The van der Waals surface area contributed by atoms with E-state index in [2.05, 4.69) is 15.5 Å². The topological polar surface area (TPSA) is 104 Å². The number of thioether (sulfide) groups is 1. The molecule has 0 aliphatic heterocycles. The van der Waals surface area contributed by atoms with Gasteiger partial charge < -0.3 is 0 Å². The van der Waals surface area contributed by atoms with E-state index in [1.807, 2.05) is 30.3 Å². The number of benzene rings is 2. The molecule has 1 aromatic heterocycles. The highest BCUT2D eigenvalue weighted by Crippen LogP contribution is 2.20. The van der Waals surface area contributed by atoms with Crippen LogP contribution in [0.4, 0.5) is 5.69 Å². The maximum atomic E-state index is 12.2. The van der Waals surface area contributed by atoms with Crippen molar-refractivity contribution in [3.63, 3.8) is 0 Å². The van der Waals surface area contributed by atoms with E-state index in [0.717, 1.165) is 5.69 Å². The molecule has 0 fully saturated rings. The number of nitro benzene ring substituents is 1. The molecule has 0 bridgehead atoms. The van der Waals surface area contributed by atoms with Crippen molar-refractivity contribution in [2.75, 3.05) is 5.75 Å². The van der Waals surface area contributed by atoms with Crippen molar-refractivity contribution in [2.24, 2.45) is 0 Å². The number of nitrogens with zero attached hydrogens (tertiary/aromatic N) is 5. The van der Waals surface area contributed by atoms with Gasteiger partial charge in [0.05, 0.1) is 16.4 Å². The Morgan fingerprint density at radius 3 is 2.50 bits per heavy atom. The number of hydrogen-bond donors (Lipinski definition) is 0. The predicted molar refractivity (Wildman–Crippen MR) is 87.3 cm³/mol. The molecule has 24 heavy (non-hydrogen) atoms. The predicted octanol–water partition coefficient (Wildman–Crippen LogP) is 2.55. The van der Waals surface area contributed by atoms with Gasteiger partial charge in [-0.1, -0.05) is 30.0 Å². The molecular formula is C15H11N5O3S. The summed E-state index contributed by atoms with van der Waals surface area (Å²) < 4.78 is 1.55. The zero-order valence-corrected chi connectivity index (χ0v) is 13.1. The number of tetrazole rings is 1. The van der Waals surface area contributed by atoms with Crippen LogP contribution in [0, 0.1) is 10.1 Å². The standard InChI is InChI=1S/C15H11N5O3S/c21-14(11-6-8-13(9-7-11)20(22)23)10-24-15-16-17-18-19(15)12-4-2-1-3-5-12/h1-9H,10H2. The van der Waals surface area contributed by atoms with Gasteiger partial charge >= 0.3 is 0 Å². The molecule has 0 amide bonds. The molecule has 0 saturated heterocycles. The molecule has 0 N–H and O–H groups in total. The Morgan fingerprint density at radius 2 is 1.83 bits per heavy atom. The van der Waals surface area contributed by atoms with Crippen LogP contribution in [0.5, 0.6) is 0 Å². The van der Waals surface area contributed by atoms with Gasteiger partial charge in [-0.2, -0.15) is 4.68 Å². The van der Waals surface area contributed by atoms with Crippen LogP contribution in [-0.4, -0.2) is 36.7 Å². The fourth-order valence-electron chi connectivity index (χ4n) is 1.98. The summed E-state index contributed by atoms with van der Waals surface area (Å²) in [5, 5.41) is 22.6. The average Bonchev–Trinajstić information content (AvgIpc) is 3.09. The van der Waals surface area contributed by atoms with E-state index < -0.39 is 4.92 Å². The molecule has 2 aromatic carbocycles. The van der Waals surface area contributed by atoms with Gasteiger partial charge in [0.2, 0.25) is 5.16 Å². The second-order valence-electron chi connectivity index (χ2n) is 4.72. The summed E-state index contributed by atoms with van der Waals surface area (Å²) in [4.78, 5) is 22.3. The summed E-state index contributed by atoms with van der Waals surface area (Å²) in [5.41, 5.74) is 1.16. The maximum absolute atomic E-state index is 12.2. The van der Waals surface area contributed by atoms with Crippen molar-refractivity contribution in [3.8, 4) is 5.69 Å². The van der Waals surface area contributed by atoms with Crippen molar-refractivity contribution < 1.29 is 9.72 Å². The molecule has 3 rings (SSSR count). The van der Waals surface area contributed by atoms with Crippen LogP contribution >= 0.6 is 11.8 Å². The molecule has 0 radical (unpaired) electrons. The number of nitro groups is 1. The van der Waals surface area contributed by atoms with E-state index in [-0.39, 0.29) is 17.2 Å². The summed E-state index contributed by atoms with van der Waals surface area (Å²) in [6, 6.07) is 14.9. The third-order valence-electron chi connectivity index (χ3n) is 3.17. The normalized spacial score (nSPS) is 10.5. The van der Waals surface area contributed by atoms with Gasteiger partial charge in [0.15, 0.2) is 5.78 Å². The third-order valence-corrected chi connectivity index (χ3v) is 4.09. The second-order valence-corrected chi connectivity index (χ2v) is 5.67. The summed E-state index contributed by atoms with van der Waals surface area (Å²) in [7, 11) is 0. The van der Waals surface area contributed by atoms with Crippen molar-refractivity contribution in [1.29, 1.82) is 0 Å². The highest BCUT2D eigenvalue weighted by atomic mass is 32.2. The van der Waals surface area contributed by atoms with Gasteiger partial charge in [0.25, 0.3) is 5.69 Å². The highest BCUT2D eigenvalue weighted by Gasteiger charge is 2.13. The lowest BCUT2D eigenvalue weighted by atomic mass is 10.1. The van der Waals surface area contributed by atoms with Gasteiger partial charge in [-0.05, 0) is 34.7 Å². The van der Waals surface area contributed by atoms with E-state index in [4.69, 9.17) is 0 Å². The molecule has 0 aliphatic rings. The summed E-state index contributed by atoms with van der Waals surface area (Å²) >= 11 is 1.21. The second kappa shape index (κ2) is 7.01. The molecule has 120 valence electrons. The summed E-state index contributed by atoms with van der Waals surface area (Å²) in [6.45, 7) is 0. The van der Waals surface area contributed by atoms with Crippen molar-refractivity contribution in [1.82, 2.24) is 20.2 Å². The first-order chi connectivity index (χ1) is 11.6. The Bertz CT molecular complexity index is 864. The lowest BCUT2D eigenvalue weighted by Crippen LogP contribution is -2.05. The Morgan fingerprint density at radius 1 is 1.12 bits per heavy atom. The summed E-state index contributed by atoms with van der Waals surface area (Å²) in [5.74, 6) is -0.0251. The number of rotatable bonds is 6. The van der Waals surface area contributed by atoms with Gasteiger partial charge in [0.1, 0.15) is 0 Å². The molecule has 1 heterocycles. The van der Waals surface area contributed by atoms with Crippen LogP contribution in [0.3, 0.4) is 0 Å². The van der Waals surface area contributed by atoms with Crippen LogP contribution in [0.15, 0.2) is 59.8 Å². The average molecular weight is 341 g/mol. The fourth-order valence-corrected chi connectivity index (χ4v) is 2.77. The van der Waals surface area contributed by atoms with E-state index in [0.29, 0.717) is 10.7 Å². The minimum Gasteiger partial charge on any atom is -0.293 e. The first kappa shape index (κ1) is 15.8. The number of carbonyl (C=O) groups is 1. The van der Waals surface area contributed by atoms with Gasteiger partial charge in [-0.3, -0.25) is 14.9 Å². The number of aromatic nitrogens is 4. The smallest absolute Gasteiger partial charge is 0.269 e. The fraction of sp³-hybridized carbons (Fsp3) is 0.0667. The quantitative estimate of drug-likeness (QED) is 0.294. The lowest BCUT2D eigenvalue weighted by Gasteiger charge is -2.03. The van der Waals surface area contributed by atoms with E-state index in [9.17, 15) is 14.9 Å². The minimum absolute atomic E-state index is 0.0489. The number of para-hydroxylation sites is 1. The minimum atomic E-state index is -0.503. The molecule has 0 aliphatic carbocycles. The van der Waals surface area contributed by atoms with E-state index >= 15 is 0 Å². The van der Waals surface area contributed by atoms with Crippen molar-refractivity contribution >= 4 is 23.2 Å². The SMILES string of the molecule is O=C(CSc1nnnn1-c1ccccc1)c1ccc([N+](=O)[O-])cc1. The molecule has 9 heteroatoms.